The van der Waals surface area contributed by atoms with Gasteiger partial charge < -0.3 is 19.2 Å². The van der Waals surface area contributed by atoms with Gasteiger partial charge in [-0.15, -0.1) is 0 Å². The first-order chi connectivity index (χ1) is 14.1. The lowest BCUT2D eigenvalue weighted by molar-refractivity contribution is 0.149. The van der Waals surface area contributed by atoms with Gasteiger partial charge in [-0.1, -0.05) is 29.4 Å². The maximum absolute atomic E-state index is 5.50. The Bertz CT molecular complexity index is 1080. The highest BCUT2D eigenvalue weighted by Crippen LogP contribution is 2.55. The molecule has 2 aromatic carbocycles. The van der Waals surface area contributed by atoms with Gasteiger partial charge in [0, 0.05) is 63.0 Å². The Labute approximate surface area is 171 Å². The van der Waals surface area contributed by atoms with Crippen LogP contribution in [0.3, 0.4) is 0 Å². The van der Waals surface area contributed by atoms with Gasteiger partial charge in [-0.25, -0.2) is 0 Å². The van der Waals surface area contributed by atoms with E-state index in [1.165, 1.54) is 17.8 Å². The number of benzene rings is 2. The SMILES string of the molecule is CN1CCN2c3c(cccc31)[C@@H]1CN(CCc3noc4ccccc34)CC[C@@]12C. The molecule has 0 bridgehead atoms. The van der Waals surface area contributed by atoms with E-state index in [9.17, 15) is 0 Å². The zero-order chi connectivity index (χ0) is 19.6. The monoisotopic (exact) mass is 388 g/mol. The fraction of sp³-hybridized carbons (Fsp3) is 0.458. The summed E-state index contributed by atoms with van der Waals surface area (Å²) in [6.45, 7) is 8.06. The van der Waals surface area contributed by atoms with Crippen LogP contribution in [0, 0.1) is 0 Å². The first kappa shape index (κ1) is 17.3. The average molecular weight is 389 g/mol. The third kappa shape index (κ3) is 2.46. The van der Waals surface area contributed by atoms with Crippen LogP contribution in [0.15, 0.2) is 47.0 Å². The van der Waals surface area contributed by atoms with Crippen molar-refractivity contribution < 1.29 is 4.52 Å². The van der Waals surface area contributed by atoms with Crippen molar-refractivity contribution >= 4 is 22.3 Å². The molecule has 1 saturated heterocycles. The summed E-state index contributed by atoms with van der Waals surface area (Å²) in [5.74, 6) is 0.576. The van der Waals surface area contributed by atoms with Gasteiger partial charge in [0.25, 0.3) is 0 Å². The highest BCUT2D eigenvalue weighted by molar-refractivity contribution is 5.82. The summed E-state index contributed by atoms with van der Waals surface area (Å²) in [6.07, 6.45) is 2.16. The van der Waals surface area contributed by atoms with Crippen LogP contribution in [0.5, 0.6) is 0 Å². The van der Waals surface area contributed by atoms with Gasteiger partial charge in [0.1, 0.15) is 0 Å². The van der Waals surface area contributed by atoms with Crippen LogP contribution >= 0.6 is 0 Å². The molecule has 0 radical (unpaired) electrons. The lowest BCUT2D eigenvalue weighted by Crippen LogP contribution is -2.57. The summed E-state index contributed by atoms with van der Waals surface area (Å²) in [5.41, 5.74) is 6.68. The molecule has 5 heteroatoms. The number of likely N-dealkylation sites (N-methyl/N-ethyl adjacent to an activating group) is 1. The van der Waals surface area contributed by atoms with Crippen molar-refractivity contribution in [3.8, 4) is 0 Å². The van der Waals surface area contributed by atoms with Gasteiger partial charge in [-0.3, -0.25) is 0 Å². The van der Waals surface area contributed by atoms with E-state index in [2.05, 4.69) is 64.2 Å². The Morgan fingerprint density at radius 1 is 1.10 bits per heavy atom. The Morgan fingerprint density at radius 2 is 2.00 bits per heavy atom. The zero-order valence-electron chi connectivity index (χ0n) is 17.3. The molecule has 1 aromatic heterocycles. The second kappa shape index (κ2) is 6.23. The maximum atomic E-state index is 5.50. The molecule has 3 aliphatic heterocycles. The number of hydrogen-bond acceptors (Lipinski definition) is 5. The minimum Gasteiger partial charge on any atom is -0.371 e. The number of anilines is 2. The molecule has 0 unspecified atom stereocenters. The number of nitrogens with zero attached hydrogens (tertiary/aromatic N) is 4. The molecule has 0 aliphatic carbocycles. The fourth-order valence-electron chi connectivity index (χ4n) is 5.87. The molecule has 0 N–H and O–H groups in total. The Balaban J connectivity index is 1.25. The van der Waals surface area contributed by atoms with Crippen molar-refractivity contribution in [2.45, 2.75) is 31.2 Å². The molecule has 1 fully saturated rings. The van der Waals surface area contributed by atoms with Crippen LogP contribution in [-0.4, -0.2) is 55.4 Å². The topological polar surface area (TPSA) is 35.8 Å². The van der Waals surface area contributed by atoms with Crippen molar-refractivity contribution in [2.75, 3.05) is 49.6 Å². The number of likely N-dealkylation sites (tertiary alicyclic amines) is 1. The second-order valence-electron chi connectivity index (χ2n) is 9.12. The number of hydrogen-bond donors (Lipinski definition) is 0. The molecular weight excluding hydrogens is 360 g/mol. The van der Waals surface area contributed by atoms with E-state index in [0.717, 1.165) is 55.8 Å². The standard InChI is InChI=1S/C24H28N4O/c1-24-11-13-27(12-10-20-18-6-3-4-9-22(18)29-25-20)16-19(24)17-7-5-8-21-23(17)28(24)15-14-26(21)2/h3-9,19H,10-16H2,1-2H3/t19-,24-/m0/s1. The van der Waals surface area contributed by atoms with Gasteiger partial charge in [-0.2, -0.15) is 0 Å². The Hall–Kier alpha value is -2.53. The fourth-order valence-corrected chi connectivity index (χ4v) is 5.87. The molecular formula is C24H28N4O. The summed E-state index contributed by atoms with van der Waals surface area (Å²) in [5, 5.41) is 5.49. The van der Waals surface area contributed by atoms with E-state index in [4.69, 9.17) is 4.52 Å². The number of piperidine rings is 1. The van der Waals surface area contributed by atoms with Gasteiger partial charge in [-0.05, 0) is 37.1 Å². The highest BCUT2D eigenvalue weighted by Gasteiger charge is 2.52. The quantitative estimate of drug-likeness (QED) is 0.680. The molecule has 2 atom stereocenters. The average Bonchev–Trinajstić information content (AvgIpc) is 3.27. The van der Waals surface area contributed by atoms with E-state index in [-0.39, 0.29) is 5.54 Å². The maximum Gasteiger partial charge on any atom is 0.167 e. The summed E-state index contributed by atoms with van der Waals surface area (Å²) in [4.78, 5) is 7.78. The summed E-state index contributed by atoms with van der Waals surface area (Å²) < 4.78 is 5.50. The normalized spacial score (nSPS) is 26.1. The van der Waals surface area contributed by atoms with E-state index in [1.54, 1.807) is 5.56 Å². The number of para-hydroxylation sites is 2. The summed E-state index contributed by atoms with van der Waals surface area (Å²) in [7, 11) is 2.23. The van der Waals surface area contributed by atoms with Crippen LogP contribution in [-0.2, 0) is 6.42 Å². The lowest BCUT2D eigenvalue weighted by atomic mass is 9.78. The van der Waals surface area contributed by atoms with Crippen molar-refractivity contribution in [2.24, 2.45) is 0 Å². The smallest absolute Gasteiger partial charge is 0.167 e. The van der Waals surface area contributed by atoms with Gasteiger partial charge >= 0.3 is 0 Å². The molecule has 0 amide bonds. The zero-order valence-corrected chi connectivity index (χ0v) is 17.3. The van der Waals surface area contributed by atoms with Crippen molar-refractivity contribution in [1.82, 2.24) is 10.1 Å². The summed E-state index contributed by atoms with van der Waals surface area (Å²) >= 11 is 0. The molecule has 29 heavy (non-hydrogen) atoms. The molecule has 0 spiro atoms. The van der Waals surface area contributed by atoms with E-state index in [0.29, 0.717) is 5.92 Å². The number of aromatic nitrogens is 1. The first-order valence-electron chi connectivity index (χ1n) is 10.8. The minimum atomic E-state index is 0.247. The largest absolute Gasteiger partial charge is 0.371 e. The van der Waals surface area contributed by atoms with Gasteiger partial charge in [0.05, 0.1) is 17.1 Å². The van der Waals surface area contributed by atoms with Crippen LogP contribution in [0.4, 0.5) is 11.4 Å². The minimum absolute atomic E-state index is 0.247. The third-order valence-electron chi connectivity index (χ3n) is 7.62. The highest BCUT2D eigenvalue weighted by atomic mass is 16.5. The predicted octanol–water partition coefficient (Wildman–Crippen LogP) is 3.89. The molecule has 150 valence electrons. The van der Waals surface area contributed by atoms with Crippen LogP contribution in [0.2, 0.25) is 0 Å². The predicted molar refractivity (Wildman–Crippen MR) is 117 cm³/mol. The van der Waals surface area contributed by atoms with Crippen molar-refractivity contribution in [3.63, 3.8) is 0 Å². The second-order valence-corrected chi connectivity index (χ2v) is 9.12. The Morgan fingerprint density at radius 3 is 2.93 bits per heavy atom. The molecule has 5 nitrogen and oxygen atoms in total. The van der Waals surface area contributed by atoms with Crippen LogP contribution < -0.4 is 9.80 Å². The Kier molecular flexibility index (Phi) is 3.73. The van der Waals surface area contributed by atoms with Crippen LogP contribution in [0.1, 0.15) is 30.5 Å². The van der Waals surface area contributed by atoms with E-state index >= 15 is 0 Å². The first-order valence-corrected chi connectivity index (χ1v) is 10.8. The molecule has 6 rings (SSSR count). The van der Waals surface area contributed by atoms with Crippen molar-refractivity contribution in [1.29, 1.82) is 0 Å². The summed E-state index contributed by atoms with van der Waals surface area (Å²) in [6, 6.07) is 15.1. The van der Waals surface area contributed by atoms with Crippen LogP contribution in [0.25, 0.3) is 11.0 Å². The molecule has 3 aromatic rings. The number of fused-ring (bicyclic) bond motifs is 4. The van der Waals surface area contributed by atoms with Crippen molar-refractivity contribution in [3.05, 3.63) is 53.7 Å². The van der Waals surface area contributed by atoms with E-state index < -0.39 is 0 Å². The van der Waals surface area contributed by atoms with Gasteiger partial charge in [0.2, 0.25) is 0 Å². The molecule has 3 aliphatic rings. The van der Waals surface area contributed by atoms with Gasteiger partial charge in [0.15, 0.2) is 5.58 Å². The third-order valence-corrected chi connectivity index (χ3v) is 7.62. The lowest BCUT2D eigenvalue weighted by Gasteiger charge is -2.49. The molecule has 4 heterocycles. The number of rotatable bonds is 3. The van der Waals surface area contributed by atoms with E-state index in [1.807, 2.05) is 12.1 Å². The molecule has 0 saturated carbocycles.